The molecule has 0 radical (unpaired) electrons. The predicted octanol–water partition coefficient (Wildman–Crippen LogP) is 2.60. The van der Waals surface area contributed by atoms with E-state index in [4.69, 9.17) is 20.6 Å². The van der Waals surface area contributed by atoms with Crippen LogP contribution in [0, 0.1) is 21.8 Å². The summed E-state index contributed by atoms with van der Waals surface area (Å²) in [5.41, 5.74) is 1.90. The number of hydrogen-bond donors (Lipinski definition) is 4. The number of halogens is 3. The van der Waals surface area contributed by atoms with Gasteiger partial charge in [0.1, 0.15) is 19.2 Å². The first-order chi connectivity index (χ1) is 46.2. The molecule has 5 heterocycles. The molecular formula is C66H89F2IN12O14S. The average Bonchev–Trinajstić information content (AvgIpc) is 1.23. The predicted molar refractivity (Wildman–Crippen MR) is 361 cm³/mol. The standard InChI is InChI=1S/C66H89F2IN12O14S/c1-3-51-37-66(67,68)43-81(51)61(87)39-73-63(90)54-18-20-70-56-17-16-52(35-55(54)56)95-34-8-21-74-30-32-79(33-31-74)64(91)48(2)40-80-60(86)36-57(65(80)92)96-53(10-5-4-6-19-71-58(84)11-7-9-49-12-14-50(69)15-13-49)38-72-59(85)41-75-22-23-76(42-62(88)89)25-27-78(45-94-47-83)29-28-77(26-24-75)44-93-46-82/h1,12-18,20,35,46-48,51,53,57H,4-11,19,21-34,36-45H2,2H3,(H,71,84)(H,72,85)(H,73,90)(H,88,89)/t48-,51+,53-,57?/m1/s1. The van der Waals surface area contributed by atoms with Gasteiger partial charge in [0.05, 0.1) is 61.1 Å². The second kappa shape index (κ2) is 39.3. The minimum Gasteiger partial charge on any atom is -0.494 e. The summed E-state index contributed by atoms with van der Waals surface area (Å²) in [4.78, 5) is 146. The lowest BCUT2D eigenvalue weighted by Crippen LogP contribution is -2.51. The summed E-state index contributed by atoms with van der Waals surface area (Å²) in [5.74, 6) is -4.67. The third kappa shape index (κ3) is 25.1. The van der Waals surface area contributed by atoms with E-state index in [2.05, 4.69) is 66.5 Å². The first kappa shape index (κ1) is 76.2. The molecule has 0 bridgehead atoms. The van der Waals surface area contributed by atoms with Crippen molar-refractivity contribution in [2.75, 3.05) is 151 Å². The number of benzene rings is 2. The number of carbonyl (C=O) groups is 10. The number of aryl methyl sites for hydroxylation is 1. The number of unbranched alkanes of at least 4 members (excludes halogenated alkanes) is 2. The summed E-state index contributed by atoms with van der Waals surface area (Å²) in [6.45, 7) is 7.32. The van der Waals surface area contributed by atoms with Crippen molar-refractivity contribution in [1.29, 1.82) is 0 Å². The highest BCUT2D eigenvalue weighted by atomic mass is 127. The number of terminal acetylenes is 1. The maximum Gasteiger partial charge on any atom is 0.317 e. The van der Waals surface area contributed by atoms with E-state index in [1.165, 1.54) is 34.5 Å². The lowest BCUT2D eigenvalue weighted by Gasteiger charge is -2.36. The Labute approximate surface area is 576 Å². The first-order valence-corrected chi connectivity index (χ1v) is 34.7. The van der Waals surface area contributed by atoms with Crippen molar-refractivity contribution in [3.63, 3.8) is 0 Å². The summed E-state index contributed by atoms with van der Waals surface area (Å²) >= 11 is 3.59. The van der Waals surface area contributed by atoms with Crippen LogP contribution in [-0.2, 0) is 59.0 Å². The molecule has 0 spiro atoms. The molecule has 0 saturated carbocycles. The topological polar surface area (TPSA) is 294 Å². The number of nitrogens with zero attached hydrogens (tertiary/aromatic N) is 9. The number of alkyl halides is 2. The molecule has 524 valence electrons. The zero-order chi connectivity index (χ0) is 69.0. The molecule has 7 amide bonds. The van der Waals surface area contributed by atoms with Gasteiger partial charge >= 0.3 is 5.97 Å². The van der Waals surface area contributed by atoms with Gasteiger partial charge in [-0.15, -0.1) is 18.2 Å². The smallest absolute Gasteiger partial charge is 0.317 e. The van der Waals surface area contributed by atoms with Crippen molar-refractivity contribution >= 4 is 106 Å². The normalized spacial score (nSPS) is 19.3. The van der Waals surface area contributed by atoms with Crippen molar-refractivity contribution in [2.24, 2.45) is 5.92 Å². The van der Waals surface area contributed by atoms with Gasteiger partial charge in [-0.1, -0.05) is 37.8 Å². The minimum absolute atomic E-state index is 0.00585. The Kier molecular flexibility index (Phi) is 31.2. The largest absolute Gasteiger partial charge is 0.494 e. The highest BCUT2D eigenvalue weighted by Gasteiger charge is 2.46. The second-order valence-corrected chi connectivity index (χ2v) is 27.3. The van der Waals surface area contributed by atoms with Crippen LogP contribution in [0.4, 0.5) is 8.78 Å². The van der Waals surface area contributed by atoms with Crippen molar-refractivity contribution in [2.45, 2.75) is 93.6 Å². The number of likely N-dealkylation sites (tertiary alicyclic amines) is 2. The van der Waals surface area contributed by atoms with E-state index in [1.54, 1.807) is 34.9 Å². The molecule has 96 heavy (non-hydrogen) atoms. The number of aromatic nitrogens is 1. The fraction of sp³-hybridized carbons (Fsp3) is 0.591. The van der Waals surface area contributed by atoms with Crippen molar-refractivity contribution in [3.05, 3.63) is 69.4 Å². The zero-order valence-electron chi connectivity index (χ0n) is 54.4. The molecule has 4 N–H and O–H groups in total. The highest BCUT2D eigenvalue weighted by Crippen LogP contribution is 2.33. The molecule has 1 unspecified atom stereocenters. The van der Waals surface area contributed by atoms with E-state index in [9.17, 15) is 61.8 Å². The Bertz CT molecular complexity index is 3160. The maximum atomic E-state index is 14.2. The van der Waals surface area contributed by atoms with Crippen LogP contribution in [-0.4, -0.2) is 283 Å². The van der Waals surface area contributed by atoms with Crippen LogP contribution < -0.4 is 20.7 Å². The number of imide groups is 1. The van der Waals surface area contributed by atoms with Crippen molar-refractivity contribution in [3.8, 4) is 18.1 Å². The average molecular weight is 1470 g/mol. The van der Waals surface area contributed by atoms with Crippen LogP contribution in [0.5, 0.6) is 5.75 Å². The number of fused-ring (bicyclic) bond motifs is 1. The highest BCUT2D eigenvalue weighted by molar-refractivity contribution is 14.1. The fourth-order valence-corrected chi connectivity index (χ4v) is 13.7. The molecule has 26 nitrogen and oxygen atoms in total. The van der Waals surface area contributed by atoms with Crippen LogP contribution in [0.25, 0.3) is 10.9 Å². The molecule has 4 fully saturated rings. The maximum absolute atomic E-state index is 14.2. The molecule has 1 aromatic heterocycles. The van der Waals surface area contributed by atoms with Crippen LogP contribution in [0.1, 0.15) is 80.6 Å². The Morgan fingerprint density at radius 2 is 1.46 bits per heavy atom. The number of rotatable bonds is 35. The number of nitrogens with one attached hydrogen (secondary N) is 3. The van der Waals surface area contributed by atoms with Gasteiger partial charge in [0, 0.05) is 144 Å². The molecule has 4 aliphatic heterocycles. The van der Waals surface area contributed by atoms with Crippen LogP contribution >= 0.6 is 34.4 Å². The number of thioether (sulfide) groups is 1. The molecule has 7 rings (SSSR count). The Morgan fingerprint density at radius 3 is 2.11 bits per heavy atom. The van der Waals surface area contributed by atoms with Crippen LogP contribution in [0.15, 0.2) is 54.7 Å². The molecule has 4 atom stereocenters. The van der Waals surface area contributed by atoms with Gasteiger partial charge in [-0.25, -0.2) is 8.78 Å². The fourth-order valence-electron chi connectivity index (χ4n) is 11.9. The number of carbonyl (C=O) groups excluding carboxylic acids is 9. The first-order valence-electron chi connectivity index (χ1n) is 32.6. The van der Waals surface area contributed by atoms with Gasteiger partial charge in [0.25, 0.3) is 24.8 Å². The number of carboxylic acid groups (broad SMARTS) is 1. The number of amides is 7. The summed E-state index contributed by atoms with van der Waals surface area (Å²) in [6.07, 6.45) is 11.5. The molecular weight excluding hydrogens is 1380 g/mol. The monoisotopic (exact) mass is 1470 g/mol. The van der Waals surface area contributed by atoms with Gasteiger partial charge in [0.15, 0.2) is 0 Å². The number of aliphatic carboxylic acids is 1. The molecule has 3 aromatic rings. The lowest BCUT2D eigenvalue weighted by molar-refractivity contribution is -0.143. The van der Waals surface area contributed by atoms with Gasteiger partial charge in [0.2, 0.25) is 35.4 Å². The SMILES string of the molecule is C#C[C@H]1CC(F)(F)CN1C(=O)CNC(=O)c1ccnc2ccc(OCCCN3CCN(C(=O)[C@H](C)CN4C(=O)CC(S[C@H](CCCCCNC(=O)CCCc5ccc(I)cc5)CNC(=O)CN5CCN(COC=O)CCN(COC=O)CCN(CC(=O)O)CC5)C4=O)CC3)cc12. The molecule has 2 aromatic carbocycles. The van der Waals surface area contributed by atoms with E-state index in [0.29, 0.717) is 160 Å². The van der Waals surface area contributed by atoms with Gasteiger partial charge in [-0.3, -0.25) is 82.3 Å². The number of hydrogen-bond acceptors (Lipinski definition) is 20. The summed E-state index contributed by atoms with van der Waals surface area (Å²) in [7, 11) is 0. The quantitative estimate of drug-likeness (QED) is 0.0216. The van der Waals surface area contributed by atoms with Gasteiger partial charge in [-0.05, 0) is 96.7 Å². The van der Waals surface area contributed by atoms with E-state index in [1.807, 2.05) is 26.8 Å². The van der Waals surface area contributed by atoms with E-state index < -0.39 is 66.3 Å². The van der Waals surface area contributed by atoms with Crippen LogP contribution in [0.3, 0.4) is 0 Å². The van der Waals surface area contributed by atoms with Crippen molar-refractivity contribution < 1.29 is 76.0 Å². The molecule has 0 aliphatic carbocycles. The molecule has 4 saturated heterocycles. The van der Waals surface area contributed by atoms with Crippen molar-refractivity contribution in [1.82, 2.24) is 60.1 Å². The zero-order valence-corrected chi connectivity index (χ0v) is 57.4. The third-order valence-corrected chi connectivity index (χ3v) is 19.5. The number of pyridine rings is 1. The number of carboxylic acids is 1. The number of piperazine rings is 1. The summed E-state index contributed by atoms with van der Waals surface area (Å²) < 4.78 is 45.3. The summed E-state index contributed by atoms with van der Waals surface area (Å²) in [6, 6.07) is 13.8. The molecule has 30 heteroatoms. The second-order valence-electron chi connectivity index (χ2n) is 24.5. The third-order valence-electron chi connectivity index (χ3n) is 17.3. The van der Waals surface area contributed by atoms with E-state index in [0.717, 1.165) is 27.7 Å². The van der Waals surface area contributed by atoms with E-state index in [-0.39, 0.29) is 80.5 Å². The Morgan fingerprint density at radius 1 is 0.802 bits per heavy atom. The Balaban J connectivity index is 0.877. The summed E-state index contributed by atoms with van der Waals surface area (Å²) in [5, 5.41) is 17.8. The lowest BCUT2D eigenvalue weighted by atomic mass is 10.1. The van der Waals surface area contributed by atoms with Crippen LogP contribution in [0.2, 0.25) is 0 Å². The molecule has 4 aliphatic rings. The number of ether oxygens (including phenoxy) is 3. The minimum atomic E-state index is -3.11. The van der Waals surface area contributed by atoms with E-state index >= 15 is 0 Å². The van der Waals surface area contributed by atoms with Gasteiger partial charge in [-0.2, -0.15) is 0 Å². The van der Waals surface area contributed by atoms with Gasteiger partial charge < -0.3 is 45.1 Å². The Hall–Kier alpha value is -7.15.